The third-order valence-corrected chi connectivity index (χ3v) is 3.10. The van der Waals surface area contributed by atoms with Gasteiger partial charge >= 0.3 is 0 Å². The zero-order chi connectivity index (χ0) is 13.7. The molecule has 0 radical (unpaired) electrons. The van der Waals surface area contributed by atoms with E-state index in [0.717, 1.165) is 5.69 Å². The second kappa shape index (κ2) is 6.70. The molecular weight excluding hydrogens is 301 g/mol. The highest BCUT2D eigenvalue weighted by Crippen LogP contribution is 2.20. The van der Waals surface area contributed by atoms with E-state index >= 15 is 0 Å². The summed E-state index contributed by atoms with van der Waals surface area (Å²) in [5, 5.41) is 3.11. The molecule has 1 rings (SSSR count). The lowest BCUT2D eigenvalue weighted by molar-refractivity contribution is -0.128. The molecule has 1 unspecified atom stereocenters. The van der Waals surface area contributed by atoms with Crippen molar-refractivity contribution >= 4 is 27.5 Å². The number of rotatable bonds is 5. The quantitative estimate of drug-likeness (QED) is 0.870. The third kappa shape index (κ3) is 4.27. The monoisotopic (exact) mass is 317 g/mol. The molecule has 0 saturated carbocycles. The van der Waals surface area contributed by atoms with Gasteiger partial charge in [-0.3, -0.25) is 4.79 Å². The lowest BCUT2D eigenvalue weighted by atomic mass is 10.1. The van der Waals surface area contributed by atoms with Gasteiger partial charge in [-0.15, -0.1) is 0 Å². The normalized spacial score (nSPS) is 12.1. The molecule has 3 N–H and O–H groups in total. The van der Waals surface area contributed by atoms with Gasteiger partial charge in [-0.1, -0.05) is 0 Å². The van der Waals surface area contributed by atoms with E-state index in [-0.39, 0.29) is 17.8 Å². The molecule has 0 aromatic heterocycles. The van der Waals surface area contributed by atoms with E-state index in [4.69, 9.17) is 5.73 Å². The molecule has 4 nitrogen and oxygen atoms in total. The van der Waals surface area contributed by atoms with Crippen LogP contribution in [0.15, 0.2) is 22.7 Å². The van der Waals surface area contributed by atoms with Crippen LogP contribution in [0.25, 0.3) is 0 Å². The lowest BCUT2D eigenvalue weighted by Gasteiger charge is -2.20. The number of nitrogens with one attached hydrogen (secondary N) is 1. The smallest absolute Gasteiger partial charge is 0.224 e. The Kier molecular flexibility index (Phi) is 5.55. The maximum Gasteiger partial charge on any atom is 0.224 e. The van der Waals surface area contributed by atoms with Gasteiger partial charge in [-0.05, 0) is 34.1 Å². The second-order valence-electron chi connectivity index (χ2n) is 4.20. The first-order valence-electron chi connectivity index (χ1n) is 5.56. The molecule has 0 spiro atoms. The molecular formula is C12H17BrFN3O. The van der Waals surface area contributed by atoms with Crippen molar-refractivity contribution in [2.75, 3.05) is 26.0 Å². The number of nitrogens with two attached hydrogens (primary N) is 1. The maximum absolute atomic E-state index is 13.1. The number of anilines is 1. The van der Waals surface area contributed by atoms with E-state index in [2.05, 4.69) is 21.2 Å². The Morgan fingerprint density at radius 2 is 2.22 bits per heavy atom. The van der Waals surface area contributed by atoms with Crippen LogP contribution in [-0.4, -0.2) is 37.5 Å². The SMILES string of the molecule is CN(C)C(=O)CC(CN)Nc1ccc(F)c(Br)c1. The standard InChI is InChI=1S/C12H17BrFN3O/c1-17(2)12(18)6-9(7-15)16-8-3-4-11(14)10(13)5-8/h3-5,9,16H,6-7,15H2,1-2H3. The Hall–Kier alpha value is -1.14. The van der Waals surface area contributed by atoms with Crippen LogP contribution >= 0.6 is 15.9 Å². The van der Waals surface area contributed by atoms with Crippen LogP contribution in [0.4, 0.5) is 10.1 Å². The first-order chi connectivity index (χ1) is 8.43. The zero-order valence-electron chi connectivity index (χ0n) is 10.4. The number of benzene rings is 1. The Morgan fingerprint density at radius 3 is 2.72 bits per heavy atom. The average molecular weight is 318 g/mol. The van der Waals surface area contributed by atoms with E-state index < -0.39 is 0 Å². The summed E-state index contributed by atoms with van der Waals surface area (Å²) < 4.78 is 13.5. The van der Waals surface area contributed by atoms with Gasteiger partial charge in [0.15, 0.2) is 0 Å². The summed E-state index contributed by atoms with van der Waals surface area (Å²) in [6.07, 6.45) is 0.304. The summed E-state index contributed by atoms with van der Waals surface area (Å²) in [7, 11) is 3.40. The molecule has 1 amide bonds. The molecule has 0 aliphatic rings. The fourth-order valence-electron chi connectivity index (χ4n) is 1.41. The molecule has 1 atom stereocenters. The molecule has 0 saturated heterocycles. The van der Waals surface area contributed by atoms with Crippen LogP contribution in [0.1, 0.15) is 6.42 Å². The molecule has 0 bridgehead atoms. The summed E-state index contributed by atoms with van der Waals surface area (Å²) in [5.74, 6) is -0.326. The summed E-state index contributed by atoms with van der Waals surface area (Å²) in [5.41, 5.74) is 6.35. The number of hydrogen-bond donors (Lipinski definition) is 2. The molecule has 0 heterocycles. The molecule has 0 aliphatic heterocycles. The van der Waals surface area contributed by atoms with Gasteiger partial charge < -0.3 is 16.0 Å². The molecule has 1 aromatic carbocycles. The van der Waals surface area contributed by atoms with Crippen molar-refractivity contribution in [2.24, 2.45) is 5.73 Å². The minimum atomic E-state index is -0.325. The second-order valence-corrected chi connectivity index (χ2v) is 5.05. The number of nitrogens with zero attached hydrogens (tertiary/aromatic N) is 1. The highest BCUT2D eigenvalue weighted by molar-refractivity contribution is 9.10. The Bertz CT molecular complexity index is 426. The minimum absolute atomic E-state index is 0.000808. The number of halogens is 2. The van der Waals surface area contributed by atoms with Gasteiger partial charge in [0.2, 0.25) is 5.91 Å². The molecule has 0 fully saturated rings. The summed E-state index contributed by atoms with van der Waals surface area (Å²) >= 11 is 3.11. The first-order valence-corrected chi connectivity index (χ1v) is 6.35. The van der Waals surface area contributed by atoms with Crippen molar-refractivity contribution in [1.29, 1.82) is 0 Å². The van der Waals surface area contributed by atoms with Gasteiger partial charge in [-0.2, -0.15) is 0 Å². The fourth-order valence-corrected chi connectivity index (χ4v) is 1.79. The van der Waals surface area contributed by atoms with Crippen molar-refractivity contribution in [2.45, 2.75) is 12.5 Å². The van der Waals surface area contributed by atoms with E-state index in [1.807, 2.05) is 0 Å². The van der Waals surface area contributed by atoms with Crippen LogP contribution < -0.4 is 11.1 Å². The zero-order valence-corrected chi connectivity index (χ0v) is 12.0. The molecule has 6 heteroatoms. The number of hydrogen-bond acceptors (Lipinski definition) is 3. The minimum Gasteiger partial charge on any atom is -0.380 e. The summed E-state index contributed by atoms with van der Waals surface area (Å²) in [6.45, 7) is 0.328. The van der Waals surface area contributed by atoms with Crippen LogP contribution in [-0.2, 0) is 4.79 Å². The van der Waals surface area contributed by atoms with Gasteiger partial charge in [0, 0.05) is 38.8 Å². The average Bonchev–Trinajstić information content (AvgIpc) is 2.32. The lowest BCUT2D eigenvalue weighted by Crippen LogP contribution is -2.35. The van der Waals surface area contributed by atoms with Gasteiger partial charge in [-0.25, -0.2) is 4.39 Å². The van der Waals surface area contributed by atoms with Gasteiger partial charge in [0.25, 0.3) is 0 Å². The molecule has 100 valence electrons. The summed E-state index contributed by atoms with van der Waals surface area (Å²) in [4.78, 5) is 13.1. The van der Waals surface area contributed by atoms with Crippen molar-refractivity contribution in [3.63, 3.8) is 0 Å². The third-order valence-electron chi connectivity index (χ3n) is 2.49. The predicted molar refractivity (Wildman–Crippen MR) is 73.9 cm³/mol. The van der Waals surface area contributed by atoms with Gasteiger partial charge in [0.05, 0.1) is 4.47 Å². The number of amides is 1. The van der Waals surface area contributed by atoms with Crippen LogP contribution in [0.2, 0.25) is 0 Å². The topological polar surface area (TPSA) is 58.4 Å². The molecule has 18 heavy (non-hydrogen) atoms. The predicted octanol–water partition coefficient (Wildman–Crippen LogP) is 1.81. The van der Waals surface area contributed by atoms with Crippen LogP contribution in [0.5, 0.6) is 0 Å². The van der Waals surface area contributed by atoms with Crippen molar-refractivity contribution in [3.05, 3.63) is 28.5 Å². The number of carbonyl (C=O) groups is 1. The number of carbonyl (C=O) groups excluding carboxylic acids is 1. The van der Waals surface area contributed by atoms with Crippen LogP contribution in [0, 0.1) is 5.82 Å². The fraction of sp³-hybridized carbons (Fsp3) is 0.417. The molecule has 0 aliphatic carbocycles. The van der Waals surface area contributed by atoms with Crippen molar-refractivity contribution < 1.29 is 9.18 Å². The van der Waals surface area contributed by atoms with E-state index in [1.54, 1.807) is 26.2 Å². The maximum atomic E-state index is 13.1. The van der Waals surface area contributed by atoms with E-state index in [0.29, 0.717) is 17.4 Å². The van der Waals surface area contributed by atoms with Crippen molar-refractivity contribution in [3.8, 4) is 0 Å². The highest BCUT2D eigenvalue weighted by atomic mass is 79.9. The summed E-state index contributed by atoms with van der Waals surface area (Å²) in [6, 6.07) is 4.42. The molecule has 1 aromatic rings. The first kappa shape index (κ1) is 14.9. The van der Waals surface area contributed by atoms with E-state index in [1.165, 1.54) is 11.0 Å². The van der Waals surface area contributed by atoms with Crippen LogP contribution in [0.3, 0.4) is 0 Å². The highest BCUT2D eigenvalue weighted by Gasteiger charge is 2.14. The Labute approximate surface area is 114 Å². The van der Waals surface area contributed by atoms with E-state index in [9.17, 15) is 9.18 Å². The van der Waals surface area contributed by atoms with Gasteiger partial charge in [0.1, 0.15) is 5.82 Å². The Morgan fingerprint density at radius 1 is 1.56 bits per heavy atom. The Balaban J connectivity index is 2.68. The van der Waals surface area contributed by atoms with Crippen molar-refractivity contribution in [1.82, 2.24) is 4.90 Å². The largest absolute Gasteiger partial charge is 0.380 e.